The minimum atomic E-state index is -0.750. The second kappa shape index (κ2) is 37.5. The van der Waals surface area contributed by atoms with E-state index in [9.17, 15) is 0 Å². The number of hydrogen-bond donors (Lipinski definition) is 2. The molecule has 0 rings (SSSR count). The van der Waals surface area contributed by atoms with E-state index in [2.05, 4.69) is 49.9 Å². The summed E-state index contributed by atoms with van der Waals surface area (Å²) in [6, 6.07) is 0. The number of hydrogen-bond acceptors (Lipinski definition) is 4. The quantitative estimate of drug-likeness (QED) is 0.404. The van der Waals surface area contributed by atoms with Crippen LogP contribution in [0.1, 0.15) is 13.8 Å². The molecule has 15 heavy (non-hydrogen) atoms. The van der Waals surface area contributed by atoms with Gasteiger partial charge in [-0.2, -0.15) is 0 Å². The van der Waals surface area contributed by atoms with Gasteiger partial charge in [0.1, 0.15) is 0 Å². The van der Waals surface area contributed by atoms with E-state index in [1.807, 2.05) is 13.8 Å². The van der Waals surface area contributed by atoms with Crippen LogP contribution in [0.5, 0.6) is 0 Å². The van der Waals surface area contributed by atoms with Gasteiger partial charge in [0.25, 0.3) is 0 Å². The normalized spacial score (nSPS) is 4.93. The van der Waals surface area contributed by atoms with E-state index in [1.165, 1.54) is 0 Å². The summed E-state index contributed by atoms with van der Waals surface area (Å²) in [6.45, 7) is 10.5. The fraction of sp³-hybridized carbons (Fsp3) is 0.250. The van der Waals surface area contributed by atoms with Crippen molar-refractivity contribution < 1.29 is 29.1 Å². The summed E-state index contributed by atoms with van der Waals surface area (Å²) in [7, 11) is 0. The maximum atomic E-state index is 9.04. The first-order valence-corrected chi connectivity index (χ1v) is 4.18. The molecule has 84 valence electrons. The van der Waals surface area contributed by atoms with E-state index in [-0.39, 0.29) is 19.5 Å². The predicted molar refractivity (Wildman–Crippen MR) is 65.6 cm³/mol. The first-order valence-electron chi connectivity index (χ1n) is 3.37. The average Bonchev–Trinajstić information content (AvgIpc) is 1.85. The number of primary amides is 2. The summed E-state index contributed by atoms with van der Waals surface area (Å²) in [5.41, 5.74) is 8.57. The number of carbonyl (C=O) groups is 2. The van der Waals surface area contributed by atoms with Gasteiger partial charge >= 0.3 is 19.5 Å². The predicted octanol–water partition coefficient (Wildman–Crippen LogP) is 1.61. The van der Waals surface area contributed by atoms with Crippen LogP contribution in [0.15, 0.2) is 25.3 Å². The zero-order valence-corrected chi connectivity index (χ0v) is 13.7. The summed E-state index contributed by atoms with van der Waals surface area (Å²) in [6.07, 6.45) is 3.50. The Morgan fingerprint density at radius 3 is 1.00 bits per heavy atom. The van der Waals surface area contributed by atoms with Crippen molar-refractivity contribution in [2.24, 2.45) is 11.5 Å². The van der Waals surface area contributed by atoms with Gasteiger partial charge in [-0.05, 0) is 13.8 Å². The third kappa shape index (κ3) is 6660. The molecule has 0 spiro atoms. The van der Waals surface area contributed by atoms with Crippen LogP contribution in [0.3, 0.4) is 0 Å². The van der Waals surface area contributed by atoms with Crippen molar-refractivity contribution in [2.75, 3.05) is 0 Å². The monoisotopic (exact) mass is 300 g/mol. The molecule has 0 saturated heterocycles. The number of amides is 2. The van der Waals surface area contributed by atoms with Crippen molar-refractivity contribution in [3.8, 4) is 0 Å². The number of rotatable bonds is 0. The Bertz CT molecular complexity index is 141. The zero-order valence-electron chi connectivity index (χ0n) is 9.06. The van der Waals surface area contributed by atoms with Gasteiger partial charge in [0.2, 0.25) is 0 Å². The molecule has 2 amide bonds. The Morgan fingerprint density at radius 1 is 1.00 bits per heavy atom. The molecular formula is C8H16N2O2S2Zn. The average molecular weight is 302 g/mol. The molecule has 7 heteroatoms. The molecule has 0 bridgehead atoms. The summed E-state index contributed by atoms with van der Waals surface area (Å²) in [5, 5.41) is -1.50. The molecule has 0 saturated carbocycles. The van der Waals surface area contributed by atoms with Crippen LogP contribution in [-0.4, -0.2) is 10.5 Å². The third-order valence-corrected chi connectivity index (χ3v) is 0. The third-order valence-electron chi connectivity index (χ3n) is 0. The largest absolute Gasteiger partial charge is 2.00 e. The number of allylic oxidation sites excluding steroid dienone is 2. The van der Waals surface area contributed by atoms with Crippen LogP contribution >= 0.6 is 0 Å². The molecule has 0 atom stereocenters. The van der Waals surface area contributed by atoms with Crippen molar-refractivity contribution in [3.05, 3.63) is 25.3 Å². The SMILES string of the molecule is C=CC.C=CC.NC(=O)[S-].NC(=O)[S-].[Zn+2]. The van der Waals surface area contributed by atoms with Gasteiger partial charge in [0, 0.05) is 0 Å². The van der Waals surface area contributed by atoms with E-state index >= 15 is 0 Å². The topological polar surface area (TPSA) is 86.2 Å². The molecule has 0 fully saturated rings. The molecule has 0 aliphatic carbocycles. The summed E-state index contributed by atoms with van der Waals surface area (Å²) < 4.78 is 0. The van der Waals surface area contributed by atoms with Crippen molar-refractivity contribution >= 4 is 35.7 Å². The Balaban J connectivity index is -0.0000000293. The molecule has 0 radical (unpaired) electrons. The molecule has 0 aromatic heterocycles. The minimum Gasteiger partial charge on any atom is -0.719 e. The van der Waals surface area contributed by atoms with E-state index < -0.39 is 10.5 Å². The molecule has 4 nitrogen and oxygen atoms in total. The molecule has 0 aromatic carbocycles. The second-order valence-corrected chi connectivity index (χ2v) is 2.26. The second-order valence-electron chi connectivity index (χ2n) is 1.45. The molecule has 0 aliphatic heterocycles. The van der Waals surface area contributed by atoms with Gasteiger partial charge in [0.15, 0.2) is 0 Å². The van der Waals surface area contributed by atoms with Crippen LogP contribution in [0.2, 0.25) is 0 Å². The molecule has 0 aliphatic rings. The van der Waals surface area contributed by atoms with Crippen LogP contribution < -0.4 is 11.5 Å². The van der Waals surface area contributed by atoms with Gasteiger partial charge in [0.05, 0.1) is 10.5 Å². The maximum absolute atomic E-state index is 9.04. The fourth-order valence-electron chi connectivity index (χ4n) is 0. The Kier molecular flexibility index (Phi) is 73.2. The van der Waals surface area contributed by atoms with Gasteiger partial charge in [-0.3, -0.25) is 0 Å². The molecule has 4 N–H and O–H groups in total. The van der Waals surface area contributed by atoms with Gasteiger partial charge in [-0.25, -0.2) is 0 Å². The number of carbonyl (C=O) groups excluding carboxylic acids is 2. The Hall–Kier alpha value is -0.517. The maximum Gasteiger partial charge on any atom is 2.00 e. The van der Waals surface area contributed by atoms with Crippen molar-refractivity contribution in [3.63, 3.8) is 0 Å². The first kappa shape index (κ1) is 29.3. The molecule has 0 aromatic rings. The fourth-order valence-corrected chi connectivity index (χ4v) is 0. The molecular weight excluding hydrogens is 286 g/mol. The van der Waals surface area contributed by atoms with Gasteiger partial charge < -0.3 is 46.3 Å². The van der Waals surface area contributed by atoms with Gasteiger partial charge in [-0.1, -0.05) is 12.2 Å². The van der Waals surface area contributed by atoms with Crippen LogP contribution in [-0.2, 0) is 44.7 Å². The Labute approximate surface area is 115 Å². The van der Waals surface area contributed by atoms with Crippen molar-refractivity contribution in [1.29, 1.82) is 0 Å². The van der Waals surface area contributed by atoms with E-state index in [0.717, 1.165) is 0 Å². The van der Waals surface area contributed by atoms with Gasteiger partial charge in [-0.15, -0.1) is 13.2 Å². The first-order chi connectivity index (χ1) is 6.29. The summed E-state index contributed by atoms with van der Waals surface area (Å²) >= 11 is 7.52. The van der Waals surface area contributed by atoms with Crippen molar-refractivity contribution in [2.45, 2.75) is 13.8 Å². The van der Waals surface area contributed by atoms with E-state index in [4.69, 9.17) is 9.59 Å². The zero-order chi connectivity index (χ0) is 12.6. The summed E-state index contributed by atoms with van der Waals surface area (Å²) in [5.74, 6) is 0. The Morgan fingerprint density at radius 2 is 1.00 bits per heavy atom. The van der Waals surface area contributed by atoms with Crippen LogP contribution in [0, 0.1) is 0 Å². The standard InChI is InChI=1S/2C3H6.2CH3NOS.Zn/c2*1-3-2;2*2-1(3)4;/h2*3H,1H2,2H3;2*(H3,2,3,4);/q;;;;+2/p-2. The van der Waals surface area contributed by atoms with Crippen LogP contribution in [0.4, 0.5) is 9.59 Å². The van der Waals surface area contributed by atoms with E-state index in [1.54, 1.807) is 12.2 Å². The van der Waals surface area contributed by atoms with Crippen molar-refractivity contribution in [1.82, 2.24) is 0 Å². The minimum absolute atomic E-state index is 0. The molecule has 0 heterocycles. The summed E-state index contributed by atoms with van der Waals surface area (Å²) in [4.78, 5) is 18.1. The van der Waals surface area contributed by atoms with Crippen LogP contribution in [0.25, 0.3) is 0 Å². The molecule has 0 unspecified atom stereocenters. The van der Waals surface area contributed by atoms with E-state index in [0.29, 0.717) is 0 Å². The number of nitrogens with two attached hydrogens (primary N) is 2. The smallest absolute Gasteiger partial charge is 0.719 e.